The smallest absolute Gasteiger partial charge is 0.270 e. The molecule has 5 nitrogen and oxygen atoms in total. The van der Waals surface area contributed by atoms with E-state index in [4.69, 9.17) is 4.42 Å². The molecule has 0 aromatic carbocycles. The predicted octanol–water partition coefficient (Wildman–Crippen LogP) is 2.29. The second kappa shape index (κ2) is 5.54. The van der Waals surface area contributed by atoms with Crippen molar-refractivity contribution in [3.63, 3.8) is 0 Å². The average Bonchev–Trinajstić information content (AvgIpc) is 3.05. The average molecular weight is 280 g/mol. The highest BCUT2D eigenvalue weighted by molar-refractivity contribution is 7.13. The Bertz CT molecular complexity index is 546. The molecule has 2 heterocycles. The van der Waals surface area contributed by atoms with Crippen LogP contribution in [0, 0.1) is 0 Å². The number of carbonyl (C=O) groups excluding carboxylic acids is 1. The summed E-state index contributed by atoms with van der Waals surface area (Å²) in [7, 11) is 0. The van der Waals surface area contributed by atoms with E-state index in [1.807, 2.05) is 6.92 Å². The molecule has 2 rings (SSSR count). The summed E-state index contributed by atoms with van der Waals surface area (Å²) < 4.78 is 5.22. The number of nitrogens with one attached hydrogen (secondary N) is 1. The molecule has 0 saturated carbocycles. The highest BCUT2D eigenvalue weighted by atomic mass is 32.1. The Morgan fingerprint density at radius 2 is 2.42 bits per heavy atom. The van der Waals surface area contributed by atoms with Crippen molar-refractivity contribution in [3.05, 3.63) is 29.5 Å². The van der Waals surface area contributed by atoms with Gasteiger partial charge in [0.15, 0.2) is 10.8 Å². The summed E-state index contributed by atoms with van der Waals surface area (Å²) in [6.07, 6.45) is 2.14. The van der Waals surface area contributed by atoms with E-state index in [1.165, 1.54) is 11.3 Å². The highest BCUT2D eigenvalue weighted by Gasteiger charge is 2.20. The molecule has 1 atom stereocenters. The van der Waals surface area contributed by atoms with Crippen molar-refractivity contribution in [3.8, 4) is 10.8 Å². The third-order valence-corrected chi connectivity index (χ3v) is 3.72. The van der Waals surface area contributed by atoms with Gasteiger partial charge >= 0.3 is 0 Å². The van der Waals surface area contributed by atoms with Gasteiger partial charge in [0.25, 0.3) is 5.91 Å². The lowest BCUT2D eigenvalue weighted by Gasteiger charge is -2.21. The van der Waals surface area contributed by atoms with E-state index in [-0.39, 0.29) is 12.5 Å². The molecule has 0 aliphatic carbocycles. The molecule has 0 radical (unpaired) electrons. The lowest BCUT2D eigenvalue weighted by molar-refractivity contribution is 0.0517. The van der Waals surface area contributed by atoms with Crippen LogP contribution >= 0.6 is 11.3 Å². The van der Waals surface area contributed by atoms with Crippen molar-refractivity contribution in [1.29, 1.82) is 0 Å². The Labute approximate surface area is 115 Å². The van der Waals surface area contributed by atoms with Gasteiger partial charge in [0.2, 0.25) is 0 Å². The maximum Gasteiger partial charge on any atom is 0.270 e. The lowest BCUT2D eigenvalue weighted by atomic mass is 10.0. The molecule has 102 valence electrons. The molecule has 0 fully saturated rings. The first-order valence-corrected chi connectivity index (χ1v) is 6.90. The summed E-state index contributed by atoms with van der Waals surface area (Å²) in [5.74, 6) is 0.354. The van der Waals surface area contributed by atoms with Gasteiger partial charge in [-0.05, 0) is 25.5 Å². The minimum absolute atomic E-state index is 0.204. The van der Waals surface area contributed by atoms with Crippen LogP contribution in [0.1, 0.15) is 30.8 Å². The van der Waals surface area contributed by atoms with E-state index in [0.29, 0.717) is 22.9 Å². The van der Waals surface area contributed by atoms with Crippen LogP contribution in [-0.4, -0.2) is 28.1 Å². The van der Waals surface area contributed by atoms with Crippen molar-refractivity contribution >= 4 is 17.2 Å². The third-order valence-electron chi connectivity index (χ3n) is 2.86. The van der Waals surface area contributed by atoms with Crippen LogP contribution < -0.4 is 5.32 Å². The number of thiazole rings is 1. The van der Waals surface area contributed by atoms with E-state index in [0.717, 1.165) is 0 Å². The van der Waals surface area contributed by atoms with Crippen LogP contribution in [0.5, 0.6) is 0 Å². The van der Waals surface area contributed by atoms with Crippen LogP contribution in [-0.2, 0) is 0 Å². The van der Waals surface area contributed by atoms with E-state index >= 15 is 0 Å². The van der Waals surface area contributed by atoms with E-state index in [1.54, 1.807) is 30.7 Å². The number of aliphatic hydroxyl groups is 1. The number of carbonyl (C=O) groups is 1. The molecule has 0 aliphatic heterocycles. The molecule has 1 amide bonds. The molecule has 0 spiro atoms. The van der Waals surface area contributed by atoms with Crippen LogP contribution in [0.3, 0.4) is 0 Å². The van der Waals surface area contributed by atoms with Gasteiger partial charge in [-0.25, -0.2) is 4.98 Å². The molecule has 0 bridgehead atoms. The first-order valence-electron chi connectivity index (χ1n) is 6.02. The van der Waals surface area contributed by atoms with Gasteiger partial charge in [-0.2, -0.15) is 0 Å². The Hall–Kier alpha value is -1.66. The molecular weight excluding hydrogens is 264 g/mol. The minimum atomic E-state index is -0.893. The molecule has 2 aromatic heterocycles. The summed E-state index contributed by atoms with van der Waals surface area (Å²) in [6, 6.07) is 3.57. The van der Waals surface area contributed by atoms with Gasteiger partial charge in [0.1, 0.15) is 5.69 Å². The Balaban J connectivity index is 2.01. The Morgan fingerprint density at radius 3 is 3.05 bits per heavy atom. The first-order chi connectivity index (χ1) is 9.02. The SMILES string of the molecule is CCC(C)(O)CNC(=O)c1csc(-c2ccco2)n1. The van der Waals surface area contributed by atoms with Gasteiger partial charge in [0.05, 0.1) is 11.9 Å². The number of hydrogen-bond donors (Lipinski definition) is 2. The van der Waals surface area contributed by atoms with Crippen LogP contribution in [0.4, 0.5) is 0 Å². The number of amides is 1. The predicted molar refractivity (Wildman–Crippen MR) is 73.1 cm³/mol. The third kappa shape index (κ3) is 3.42. The summed E-state index contributed by atoms with van der Waals surface area (Å²) in [4.78, 5) is 16.1. The number of rotatable bonds is 5. The minimum Gasteiger partial charge on any atom is -0.462 e. The molecule has 1 unspecified atom stereocenters. The van der Waals surface area contributed by atoms with Crippen molar-refractivity contribution < 1.29 is 14.3 Å². The van der Waals surface area contributed by atoms with E-state index < -0.39 is 5.60 Å². The van der Waals surface area contributed by atoms with Gasteiger partial charge < -0.3 is 14.8 Å². The lowest BCUT2D eigenvalue weighted by Crippen LogP contribution is -2.40. The standard InChI is InChI=1S/C13H16N2O3S/c1-3-13(2,17)8-14-11(16)9-7-19-12(15-9)10-5-4-6-18-10/h4-7,17H,3,8H2,1-2H3,(H,14,16). The van der Waals surface area contributed by atoms with Crippen LogP contribution in [0.15, 0.2) is 28.2 Å². The molecular formula is C13H16N2O3S. The Morgan fingerprint density at radius 1 is 1.63 bits per heavy atom. The fraction of sp³-hybridized carbons (Fsp3) is 0.385. The number of hydrogen-bond acceptors (Lipinski definition) is 5. The molecule has 0 aliphatic rings. The van der Waals surface area contributed by atoms with E-state index in [9.17, 15) is 9.90 Å². The zero-order chi connectivity index (χ0) is 13.9. The molecule has 2 aromatic rings. The summed E-state index contributed by atoms with van der Waals surface area (Å²) in [6.45, 7) is 3.75. The summed E-state index contributed by atoms with van der Waals surface area (Å²) in [5.41, 5.74) is -0.557. The highest BCUT2D eigenvalue weighted by Crippen LogP contribution is 2.23. The van der Waals surface area contributed by atoms with Crippen molar-refractivity contribution in [2.24, 2.45) is 0 Å². The number of furan rings is 1. The Kier molecular flexibility index (Phi) is 4.01. The van der Waals surface area contributed by atoms with Crippen molar-refractivity contribution in [1.82, 2.24) is 10.3 Å². The fourth-order valence-corrected chi connectivity index (χ4v) is 2.14. The number of nitrogens with zero attached hydrogens (tertiary/aromatic N) is 1. The maximum atomic E-state index is 11.9. The fourth-order valence-electron chi connectivity index (χ4n) is 1.38. The quantitative estimate of drug-likeness (QED) is 0.881. The normalized spacial score (nSPS) is 14.1. The second-order valence-electron chi connectivity index (χ2n) is 4.55. The monoisotopic (exact) mass is 280 g/mol. The van der Waals surface area contributed by atoms with Gasteiger partial charge in [0, 0.05) is 11.9 Å². The second-order valence-corrected chi connectivity index (χ2v) is 5.41. The van der Waals surface area contributed by atoms with Crippen molar-refractivity contribution in [2.75, 3.05) is 6.54 Å². The van der Waals surface area contributed by atoms with Gasteiger partial charge in [-0.15, -0.1) is 11.3 Å². The largest absolute Gasteiger partial charge is 0.462 e. The zero-order valence-electron chi connectivity index (χ0n) is 10.8. The zero-order valence-corrected chi connectivity index (χ0v) is 11.7. The molecule has 19 heavy (non-hydrogen) atoms. The molecule has 6 heteroatoms. The maximum absolute atomic E-state index is 11.9. The molecule has 2 N–H and O–H groups in total. The van der Waals surface area contributed by atoms with E-state index in [2.05, 4.69) is 10.3 Å². The summed E-state index contributed by atoms with van der Waals surface area (Å²) in [5, 5.41) is 14.8. The summed E-state index contributed by atoms with van der Waals surface area (Å²) >= 11 is 1.35. The van der Waals surface area contributed by atoms with Gasteiger partial charge in [-0.3, -0.25) is 4.79 Å². The van der Waals surface area contributed by atoms with Gasteiger partial charge in [-0.1, -0.05) is 6.92 Å². The topological polar surface area (TPSA) is 75.4 Å². The first kappa shape index (κ1) is 13.8. The molecule has 0 saturated heterocycles. The van der Waals surface area contributed by atoms with Crippen LogP contribution in [0.2, 0.25) is 0 Å². The number of aromatic nitrogens is 1. The van der Waals surface area contributed by atoms with Crippen molar-refractivity contribution in [2.45, 2.75) is 25.9 Å². The van der Waals surface area contributed by atoms with Crippen LogP contribution in [0.25, 0.3) is 10.8 Å².